The molecule has 0 bridgehead atoms. The number of halogens is 1. The fraction of sp³-hybridized carbons (Fsp3) is 0.278. The van der Waals surface area contributed by atoms with E-state index in [1.54, 1.807) is 7.11 Å². The van der Waals surface area contributed by atoms with Crippen molar-refractivity contribution in [3.05, 3.63) is 58.1 Å². The number of hydrogen-bond donors (Lipinski definition) is 2. The summed E-state index contributed by atoms with van der Waals surface area (Å²) in [4.78, 5) is 4.36. The molecule has 3 rings (SSSR count). The van der Waals surface area contributed by atoms with Gasteiger partial charge in [-0.25, -0.2) is 4.99 Å². The van der Waals surface area contributed by atoms with E-state index in [9.17, 15) is 0 Å². The van der Waals surface area contributed by atoms with Crippen LogP contribution in [-0.2, 0) is 19.4 Å². The van der Waals surface area contributed by atoms with Crippen LogP contribution in [0.15, 0.2) is 41.4 Å². The Bertz CT molecular complexity index is 743. The largest absolute Gasteiger partial charge is 0.495 e. The van der Waals surface area contributed by atoms with Crippen LogP contribution in [0.4, 0.5) is 5.69 Å². The Morgan fingerprint density at radius 1 is 1.22 bits per heavy atom. The number of aliphatic imine (C=N–C) groups is 1. The quantitative estimate of drug-likeness (QED) is 0.663. The first kappa shape index (κ1) is 15.7. The molecule has 0 amide bonds. The first-order valence-electron chi connectivity index (χ1n) is 7.67. The lowest BCUT2D eigenvalue weighted by atomic mass is 10.1. The molecule has 23 heavy (non-hydrogen) atoms. The molecule has 0 spiro atoms. The van der Waals surface area contributed by atoms with Crippen LogP contribution in [-0.4, -0.2) is 13.1 Å². The monoisotopic (exact) mass is 329 g/mol. The van der Waals surface area contributed by atoms with Gasteiger partial charge in [0, 0.05) is 5.69 Å². The minimum Gasteiger partial charge on any atom is -0.495 e. The first-order chi connectivity index (χ1) is 11.2. The number of nitrogens with two attached hydrogens (primary N) is 1. The summed E-state index contributed by atoms with van der Waals surface area (Å²) in [7, 11) is 1.59. The molecule has 2 aromatic carbocycles. The van der Waals surface area contributed by atoms with Gasteiger partial charge in [0.2, 0.25) is 0 Å². The number of benzene rings is 2. The van der Waals surface area contributed by atoms with Crippen LogP contribution in [0.3, 0.4) is 0 Å². The van der Waals surface area contributed by atoms with Crippen LogP contribution in [0, 0.1) is 0 Å². The summed E-state index contributed by atoms with van der Waals surface area (Å²) in [6, 6.07) is 12.0. The van der Waals surface area contributed by atoms with Gasteiger partial charge < -0.3 is 15.8 Å². The van der Waals surface area contributed by atoms with Gasteiger partial charge in [0.15, 0.2) is 5.96 Å². The van der Waals surface area contributed by atoms with Crippen molar-refractivity contribution in [3.63, 3.8) is 0 Å². The van der Waals surface area contributed by atoms with Gasteiger partial charge in [-0.1, -0.05) is 23.7 Å². The second-order valence-corrected chi connectivity index (χ2v) is 6.04. The second kappa shape index (κ2) is 6.92. The van der Waals surface area contributed by atoms with Gasteiger partial charge in [0.25, 0.3) is 0 Å². The van der Waals surface area contributed by atoms with Crippen molar-refractivity contribution >= 4 is 23.2 Å². The molecule has 0 fully saturated rings. The predicted molar refractivity (Wildman–Crippen MR) is 95.4 cm³/mol. The zero-order valence-corrected chi connectivity index (χ0v) is 13.9. The number of fused-ring (bicyclic) bond motifs is 1. The molecule has 0 atom stereocenters. The Balaban J connectivity index is 1.65. The zero-order valence-electron chi connectivity index (χ0n) is 13.1. The van der Waals surface area contributed by atoms with Crippen molar-refractivity contribution in [1.29, 1.82) is 0 Å². The topological polar surface area (TPSA) is 59.6 Å². The summed E-state index contributed by atoms with van der Waals surface area (Å²) in [5.74, 6) is 1.05. The summed E-state index contributed by atoms with van der Waals surface area (Å²) >= 11 is 6.11. The Morgan fingerprint density at radius 2 is 2.04 bits per heavy atom. The van der Waals surface area contributed by atoms with Gasteiger partial charge in [-0.2, -0.15) is 0 Å². The highest BCUT2D eigenvalue weighted by Gasteiger charge is 2.10. The standard InChI is InChI=1S/C18H20ClN3O/c1-23-17-8-5-12(9-16(17)19)11-21-18(20)22-15-7-6-13-3-2-4-14(13)10-15/h5-10H,2-4,11H2,1H3,(H3,20,21,22). The molecular weight excluding hydrogens is 310 g/mol. The van der Waals surface area contributed by atoms with Crippen LogP contribution in [0.5, 0.6) is 5.75 Å². The zero-order chi connectivity index (χ0) is 16.2. The average molecular weight is 330 g/mol. The maximum Gasteiger partial charge on any atom is 0.193 e. The van der Waals surface area contributed by atoms with E-state index in [0.717, 1.165) is 17.7 Å². The molecule has 5 heteroatoms. The highest BCUT2D eigenvalue weighted by molar-refractivity contribution is 6.32. The molecule has 4 nitrogen and oxygen atoms in total. The fourth-order valence-corrected chi connectivity index (χ4v) is 3.10. The van der Waals surface area contributed by atoms with Crippen molar-refractivity contribution in [2.24, 2.45) is 10.7 Å². The Morgan fingerprint density at radius 3 is 2.83 bits per heavy atom. The molecule has 0 saturated carbocycles. The number of nitrogens with zero attached hydrogens (tertiary/aromatic N) is 1. The van der Waals surface area contributed by atoms with Crippen LogP contribution in [0.25, 0.3) is 0 Å². The maximum absolute atomic E-state index is 6.11. The Kier molecular flexibility index (Phi) is 4.72. The molecule has 2 aromatic rings. The lowest BCUT2D eigenvalue weighted by Gasteiger charge is -2.08. The molecule has 0 saturated heterocycles. The number of ether oxygens (including phenoxy) is 1. The van der Waals surface area contributed by atoms with Gasteiger partial charge in [-0.15, -0.1) is 0 Å². The van der Waals surface area contributed by atoms with Crippen molar-refractivity contribution in [1.82, 2.24) is 0 Å². The van der Waals surface area contributed by atoms with Crippen molar-refractivity contribution < 1.29 is 4.74 Å². The molecule has 120 valence electrons. The van der Waals surface area contributed by atoms with Gasteiger partial charge in [0.1, 0.15) is 5.75 Å². The summed E-state index contributed by atoms with van der Waals surface area (Å²) in [6.45, 7) is 0.466. The third-order valence-corrected chi connectivity index (χ3v) is 4.31. The lowest BCUT2D eigenvalue weighted by molar-refractivity contribution is 0.415. The van der Waals surface area contributed by atoms with Crippen molar-refractivity contribution in [2.75, 3.05) is 12.4 Å². The molecular formula is C18H20ClN3O. The van der Waals surface area contributed by atoms with E-state index < -0.39 is 0 Å². The van der Waals surface area contributed by atoms with Crippen LogP contribution in [0.1, 0.15) is 23.1 Å². The van der Waals surface area contributed by atoms with E-state index in [-0.39, 0.29) is 0 Å². The maximum atomic E-state index is 6.11. The number of methoxy groups -OCH3 is 1. The fourth-order valence-electron chi connectivity index (χ4n) is 2.82. The van der Waals surface area contributed by atoms with Crippen molar-refractivity contribution in [3.8, 4) is 5.75 Å². The second-order valence-electron chi connectivity index (χ2n) is 5.63. The normalized spacial score (nSPS) is 13.7. The van der Waals surface area contributed by atoms with Crippen LogP contribution < -0.4 is 15.8 Å². The van der Waals surface area contributed by atoms with Crippen molar-refractivity contribution in [2.45, 2.75) is 25.8 Å². The molecule has 0 aromatic heterocycles. The van der Waals surface area contributed by atoms with E-state index in [2.05, 4.69) is 28.5 Å². The van der Waals surface area contributed by atoms with Gasteiger partial charge >= 0.3 is 0 Å². The molecule has 0 heterocycles. The third kappa shape index (κ3) is 3.77. The van der Waals surface area contributed by atoms with Gasteiger partial charge in [0.05, 0.1) is 18.7 Å². The summed E-state index contributed by atoms with van der Waals surface area (Å²) in [5, 5.41) is 3.72. The Hall–Kier alpha value is -2.20. The minimum absolute atomic E-state index is 0.398. The predicted octanol–water partition coefficient (Wildman–Crippen LogP) is 3.76. The number of nitrogens with one attached hydrogen (secondary N) is 1. The lowest BCUT2D eigenvalue weighted by Crippen LogP contribution is -2.22. The molecule has 0 radical (unpaired) electrons. The summed E-state index contributed by atoms with van der Waals surface area (Å²) in [5.41, 5.74) is 10.8. The minimum atomic E-state index is 0.398. The van der Waals surface area contributed by atoms with E-state index >= 15 is 0 Å². The van der Waals surface area contributed by atoms with E-state index in [1.807, 2.05) is 18.2 Å². The number of rotatable bonds is 4. The molecule has 1 aliphatic rings. The molecule has 1 aliphatic carbocycles. The number of guanidine groups is 1. The third-order valence-electron chi connectivity index (χ3n) is 4.02. The number of hydrogen-bond acceptors (Lipinski definition) is 2. The van der Waals surface area contributed by atoms with E-state index in [4.69, 9.17) is 22.1 Å². The highest BCUT2D eigenvalue weighted by Crippen LogP contribution is 2.26. The summed E-state index contributed by atoms with van der Waals surface area (Å²) < 4.78 is 5.14. The highest BCUT2D eigenvalue weighted by atomic mass is 35.5. The average Bonchev–Trinajstić information content (AvgIpc) is 3.01. The molecule has 0 aliphatic heterocycles. The smallest absolute Gasteiger partial charge is 0.193 e. The van der Waals surface area contributed by atoms with Gasteiger partial charge in [-0.05, 0) is 60.2 Å². The first-order valence-corrected chi connectivity index (χ1v) is 8.04. The Labute approximate surface area is 141 Å². The molecule has 3 N–H and O–H groups in total. The van der Waals surface area contributed by atoms with Crippen LogP contribution >= 0.6 is 11.6 Å². The SMILES string of the molecule is COc1ccc(CN=C(N)Nc2ccc3c(c2)CCC3)cc1Cl. The molecule has 0 unspecified atom stereocenters. The summed E-state index contributed by atoms with van der Waals surface area (Å²) in [6.07, 6.45) is 3.56. The number of anilines is 1. The number of aryl methyl sites for hydroxylation is 2. The van der Waals surface area contributed by atoms with Crippen LogP contribution in [0.2, 0.25) is 5.02 Å². The van der Waals surface area contributed by atoms with E-state index in [0.29, 0.717) is 23.3 Å². The van der Waals surface area contributed by atoms with E-state index in [1.165, 1.54) is 24.0 Å². The van der Waals surface area contributed by atoms with Gasteiger partial charge in [-0.3, -0.25) is 0 Å².